The number of nitrogens with one attached hydrogen (secondary N) is 2. The molecule has 4 aromatic carbocycles. The largest absolute Gasteiger partial charge is 0.378 e. The molecule has 4 amide bonds. The average Bonchev–Trinajstić information content (AvgIpc) is 3.50. The van der Waals surface area contributed by atoms with Crippen molar-refractivity contribution < 1.29 is 23.1 Å². The summed E-state index contributed by atoms with van der Waals surface area (Å²) < 4.78 is 33.8. The van der Waals surface area contributed by atoms with Gasteiger partial charge in [0.1, 0.15) is 11.6 Å². The molecule has 0 saturated carbocycles. The molecule has 0 spiro atoms. The van der Waals surface area contributed by atoms with Gasteiger partial charge in [-0.15, -0.1) is 11.3 Å². The first-order valence-electron chi connectivity index (χ1n) is 13.4. The third-order valence-electron chi connectivity index (χ3n) is 6.81. The summed E-state index contributed by atoms with van der Waals surface area (Å²) in [6, 6.07) is 21.6. The molecule has 0 unspecified atom stereocenters. The number of ether oxygens (including phenoxy) is 1. The lowest BCUT2D eigenvalue weighted by Gasteiger charge is -2.34. The normalized spacial score (nSPS) is 13.0. The van der Waals surface area contributed by atoms with Crippen LogP contribution in [0.1, 0.15) is 0 Å². The maximum atomic E-state index is 14.0. The number of halogens is 2. The molecule has 0 aliphatic carbocycles. The fraction of sp³-hybridized carbons (Fsp3) is 0.129. The molecule has 6 rings (SSSR count). The van der Waals surface area contributed by atoms with Crippen molar-refractivity contribution in [2.75, 3.05) is 51.9 Å². The van der Waals surface area contributed by atoms with E-state index in [1.807, 2.05) is 12.1 Å². The molecule has 5 aromatic rings. The number of thiazole rings is 1. The van der Waals surface area contributed by atoms with E-state index in [0.29, 0.717) is 30.3 Å². The van der Waals surface area contributed by atoms with Gasteiger partial charge >= 0.3 is 12.1 Å². The molecule has 1 fully saturated rings. The van der Waals surface area contributed by atoms with Crippen LogP contribution in [0.4, 0.5) is 46.8 Å². The second kappa shape index (κ2) is 12.4. The minimum atomic E-state index is -0.711. The van der Waals surface area contributed by atoms with E-state index in [9.17, 15) is 18.4 Å². The number of carbonyl (C=O) groups is 2. The third kappa shape index (κ3) is 6.40. The number of hydrogen-bond acceptors (Lipinski definition) is 6. The molecule has 1 aliphatic rings. The molecule has 0 radical (unpaired) electrons. The Balaban J connectivity index is 1.37. The van der Waals surface area contributed by atoms with Crippen LogP contribution in [0.2, 0.25) is 0 Å². The predicted molar refractivity (Wildman–Crippen MR) is 165 cm³/mol. The van der Waals surface area contributed by atoms with Gasteiger partial charge < -0.3 is 20.3 Å². The quantitative estimate of drug-likeness (QED) is 0.210. The number of carbonyl (C=O) groups excluding carboxylic acids is 2. The summed E-state index contributed by atoms with van der Waals surface area (Å²) in [6.45, 7) is 2.83. The fourth-order valence-electron chi connectivity index (χ4n) is 4.67. The summed E-state index contributed by atoms with van der Waals surface area (Å²) in [5, 5.41) is 7.86. The van der Waals surface area contributed by atoms with E-state index in [2.05, 4.69) is 20.5 Å². The van der Waals surface area contributed by atoms with Gasteiger partial charge in [-0.3, -0.25) is 0 Å². The predicted octanol–water partition coefficient (Wildman–Crippen LogP) is 7.10. The van der Waals surface area contributed by atoms with Crippen molar-refractivity contribution >= 4 is 62.1 Å². The van der Waals surface area contributed by atoms with Gasteiger partial charge in [-0.05, 0) is 91.0 Å². The highest BCUT2D eigenvalue weighted by Crippen LogP contribution is 2.30. The van der Waals surface area contributed by atoms with Gasteiger partial charge in [0.25, 0.3) is 0 Å². The lowest BCUT2D eigenvalue weighted by atomic mass is 10.2. The summed E-state index contributed by atoms with van der Waals surface area (Å²) in [4.78, 5) is 34.5. The van der Waals surface area contributed by atoms with Crippen molar-refractivity contribution in [2.45, 2.75) is 0 Å². The second-order valence-corrected chi connectivity index (χ2v) is 10.5. The van der Waals surface area contributed by atoms with Gasteiger partial charge in [0, 0.05) is 30.2 Å². The highest BCUT2D eigenvalue weighted by Gasteiger charge is 2.30. The van der Waals surface area contributed by atoms with Gasteiger partial charge in [-0.1, -0.05) is 0 Å². The number of anilines is 5. The first-order valence-corrected chi connectivity index (χ1v) is 14.3. The van der Waals surface area contributed by atoms with Crippen LogP contribution >= 0.6 is 11.3 Å². The molecule has 12 heteroatoms. The molecule has 2 heterocycles. The van der Waals surface area contributed by atoms with Gasteiger partial charge in [0.2, 0.25) is 0 Å². The van der Waals surface area contributed by atoms with Crippen LogP contribution in [0.5, 0.6) is 0 Å². The van der Waals surface area contributed by atoms with E-state index in [4.69, 9.17) is 4.74 Å². The van der Waals surface area contributed by atoms with Crippen LogP contribution in [0.3, 0.4) is 0 Å². The third-order valence-corrected chi connectivity index (χ3v) is 7.60. The minimum Gasteiger partial charge on any atom is -0.378 e. The standard InChI is InChI=1S/C31H26F2N6O3S/c32-21-1-5-23(6-2-21)35-31(41)39(27-13-14-28-29(19-27)43-20-34-28)38(26-9-3-22(33)4-10-26)30(40)36-24-7-11-25(12-8-24)37-15-17-42-18-16-37/h1-14,19-20H,15-18H2,(H,35,41)(H,36,40). The van der Waals surface area contributed by atoms with Gasteiger partial charge in [-0.2, -0.15) is 10.0 Å². The first kappa shape index (κ1) is 28.1. The maximum Gasteiger partial charge on any atom is 0.345 e. The fourth-order valence-corrected chi connectivity index (χ4v) is 5.38. The number of benzene rings is 4. The monoisotopic (exact) mass is 600 g/mol. The van der Waals surface area contributed by atoms with Crippen molar-refractivity contribution in [2.24, 2.45) is 0 Å². The summed E-state index contributed by atoms with van der Waals surface area (Å²) >= 11 is 1.38. The molecule has 1 aliphatic heterocycles. The molecule has 1 saturated heterocycles. The Kier molecular flexibility index (Phi) is 8.11. The van der Waals surface area contributed by atoms with E-state index < -0.39 is 23.7 Å². The van der Waals surface area contributed by atoms with Crippen molar-refractivity contribution in [1.29, 1.82) is 0 Å². The number of aromatic nitrogens is 1. The average molecular weight is 601 g/mol. The highest BCUT2D eigenvalue weighted by molar-refractivity contribution is 7.16. The van der Waals surface area contributed by atoms with E-state index in [0.717, 1.165) is 39.0 Å². The Morgan fingerprint density at radius 1 is 0.744 bits per heavy atom. The van der Waals surface area contributed by atoms with Crippen LogP contribution in [-0.4, -0.2) is 43.3 Å². The van der Waals surface area contributed by atoms with Crippen molar-refractivity contribution in [1.82, 2.24) is 4.98 Å². The van der Waals surface area contributed by atoms with Crippen LogP contribution < -0.4 is 25.6 Å². The Morgan fingerprint density at radius 3 is 1.91 bits per heavy atom. The zero-order valence-corrected chi connectivity index (χ0v) is 23.6. The molecule has 0 bridgehead atoms. The van der Waals surface area contributed by atoms with Gasteiger partial charge in [0.15, 0.2) is 0 Å². The number of amides is 4. The van der Waals surface area contributed by atoms with Crippen molar-refractivity contribution in [3.8, 4) is 0 Å². The Labute approximate surface area is 249 Å². The minimum absolute atomic E-state index is 0.225. The number of hydrazine groups is 1. The lowest BCUT2D eigenvalue weighted by Crippen LogP contribution is -2.53. The second-order valence-electron chi connectivity index (χ2n) is 9.62. The number of fused-ring (bicyclic) bond motifs is 1. The molecule has 2 N–H and O–H groups in total. The number of urea groups is 2. The van der Waals surface area contributed by atoms with E-state index >= 15 is 0 Å². The maximum absolute atomic E-state index is 14.0. The smallest absolute Gasteiger partial charge is 0.345 e. The van der Waals surface area contributed by atoms with Crippen molar-refractivity contribution in [3.63, 3.8) is 0 Å². The Hall–Kier alpha value is -5.07. The zero-order valence-electron chi connectivity index (χ0n) is 22.7. The molecular weight excluding hydrogens is 574 g/mol. The summed E-state index contributed by atoms with van der Waals surface area (Å²) in [7, 11) is 0. The van der Waals surface area contributed by atoms with Crippen molar-refractivity contribution in [3.05, 3.63) is 108 Å². The van der Waals surface area contributed by atoms with E-state index in [1.165, 1.54) is 59.9 Å². The van der Waals surface area contributed by atoms with Crippen LogP contribution in [0.15, 0.2) is 96.5 Å². The Bertz CT molecular complexity index is 1730. The van der Waals surface area contributed by atoms with E-state index in [1.54, 1.807) is 35.8 Å². The SMILES string of the molecule is O=C(Nc1ccc(N2CCOCC2)cc1)N(c1ccc(F)cc1)N(C(=O)Nc1ccc(F)cc1)c1ccc2ncsc2c1. The number of rotatable bonds is 5. The van der Waals surface area contributed by atoms with Crippen LogP contribution in [0.25, 0.3) is 10.2 Å². The summed E-state index contributed by atoms with van der Waals surface area (Å²) in [6.07, 6.45) is 0. The van der Waals surface area contributed by atoms with E-state index in [-0.39, 0.29) is 5.69 Å². The van der Waals surface area contributed by atoms with Gasteiger partial charge in [-0.25, -0.2) is 23.4 Å². The Morgan fingerprint density at radius 2 is 1.28 bits per heavy atom. The topological polar surface area (TPSA) is 90.0 Å². The molecule has 9 nitrogen and oxygen atoms in total. The zero-order chi connectivity index (χ0) is 29.8. The highest BCUT2D eigenvalue weighted by atomic mass is 32.1. The molecule has 43 heavy (non-hydrogen) atoms. The molecule has 1 aromatic heterocycles. The molecular formula is C31H26F2N6O3S. The van der Waals surface area contributed by atoms with Gasteiger partial charge in [0.05, 0.1) is 40.3 Å². The molecule has 0 atom stereocenters. The first-order chi connectivity index (χ1) is 20.9. The van der Waals surface area contributed by atoms with Crippen LogP contribution in [0, 0.1) is 11.6 Å². The lowest BCUT2D eigenvalue weighted by molar-refractivity contribution is 0.122. The summed E-state index contributed by atoms with van der Waals surface area (Å²) in [5.41, 5.74) is 4.78. The van der Waals surface area contributed by atoms with Crippen LogP contribution in [-0.2, 0) is 4.74 Å². The molecule has 218 valence electrons. The summed E-state index contributed by atoms with van der Waals surface area (Å²) in [5.74, 6) is -0.964. The number of morpholine rings is 1. The number of nitrogens with zero attached hydrogens (tertiary/aromatic N) is 4. The number of hydrogen-bond donors (Lipinski definition) is 2.